The Labute approximate surface area is 148 Å². The average molecular weight is 358 g/mol. The van der Waals surface area contributed by atoms with Gasteiger partial charge < -0.3 is 5.32 Å². The first-order valence-electron chi connectivity index (χ1n) is 8.34. The van der Waals surface area contributed by atoms with Crippen molar-refractivity contribution >= 4 is 21.6 Å². The van der Waals surface area contributed by atoms with Crippen LogP contribution < -0.4 is 5.32 Å². The van der Waals surface area contributed by atoms with Crippen molar-refractivity contribution in [2.75, 3.05) is 11.9 Å². The highest BCUT2D eigenvalue weighted by Gasteiger charge is 2.36. The van der Waals surface area contributed by atoms with E-state index in [4.69, 9.17) is 0 Å². The summed E-state index contributed by atoms with van der Waals surface area (Å²) in [4.78, 5) is 11.5. The number of sulfonamides is 1. The Kier molecular flexibility index (Phi) is 4.92. The lowest BCUT2D eigenvalue weighted by atomic mass is 10.1. The van der Waals surface area contributed by atoms with Gasteiger partial charge in [-0.25, -0.2) is 8.42 Å². The van der Waals surface area contributed by atoms with Gasteiger partial charge in [0, 0.05) is 19.2 Å². The van der Waals surface area contributed by atoms with Crippen molar-refractivity contribution in [3.8, 4) is 0 Å². The molecule has 1 aliphatic rings. The standard InChI is InChI=1S/C19H22N2O3S/c1-14-10-11-17(20-15(2)22)13-19(14)25(23,24)21-12-6-9-18(21)16-7-4-3-5-8-16/h3-5,7-8,10-11,13,18H,6,9,12H2,1-2H3,(H,20,22). The summed E-state index contributed by atoms with van der Waals surface area (Å²) in [6.45, 7) is 3.68. The predicted molar refractivity (Wildman–Crippen MR) is 97.8 cm³/mol. The molecule has 1 saturated heterocycles. The molecule has 1 aliphatic heterocycles. The SMILES string of the molecule is CC(=O)Nc1ccc(C)c(S(=O)(=O)N2CCCC2c2ccccc2)c1. The van der Waals surface area contributed by atoms with Gasteiger partial charge in [-0.2, -0.15) is 4.31 Å². The number of nitrogens with one attached hydrogen (secondary N) is 1. The molecule has 0 bridgehead atoms. The number of aryl methyl sites for hydroxylation is 1. The van der Waals surface area contributed by atoms with E-state index in [0.717, 1.165) is 18.4 Å². The summed E-state index contributed by atoms with van der Waals surface area (Å²) < 4.78 is 28.2. The van der Waals surface area contributed by atoms with Crippen LogP contribution in [0, 0.1) is 6.92 Å². The molecule has 2 aromatic rings. The van der Waals surface area contributed by atoms with Crippen LogP contribution in [0.1, 0.15) is 36.9 Å². The molecule has 1 unspecified atom stereocenters. The Bertz CT molecular complexity index is 879. The molecular weight excluding hydrogens is 336 g/mol. The lowest BCUT2D eigenvalue weighted by Gasteiger charge is -2.25. The van der Waals surface area contributed by atoms with Crippen LogP contribution in [0.2, 0.25) is 0 Å². The van der Waals surface area contributed by atoms with E-state index in [-0.39, 0.29) is 16.8 Å². The lowest BCUT2D eigenvalue weighted by molar-refractivity contribution is -0.114. The Morgan fingerprint density at radius 3 is 2.56 bits per heavy atom. The minimum atomic E-state index is -3.64. The molecule has 1 N–H and O–H groups in total. The van der Waals surface area contributed by atoms with Crippen molar-refractivity contribution in [1.29, 1.82) is 0 Å². The zero-order valence-electron chi connectivity index (χ0n) is 14.4. The van der Waals surface area contributed by atoms with Gasteiger partial charge in [-0.1, -0.05) is 36.4 Å². The topological polar surface area (TPSA) is 66.5 Å². The number of hydrogen-bond acceptors (Lipinski definition) is 3. The van der Waals surface area contributed by atoms with Gasteiger partial charge in [0.1, 0.15) is 0 Å². The molecule has 1 amide bonds. The third kappa shape index (κ3) is 3.60. The molecule has 2 aromatic carbocycles. The maximum atomic E-state index is 13.3. The molecule has 5 nitrogen and oxygen atoms in total. The van der Waals surface area contributed by atoms with Crippen molar-refractivity contribution in [3.05, 3.63) is 59.7 Å². The van der Waals surface area contributed by atoms with Crippen LogP contribution in [-0.4, -0.2) is 25.2 Å². The summed E-state index contributed by atoms with van der Waals surface area (Å²) in [5.74, 6) is -0.226. The largest absolute Gasteiger partial charge is 0.326 e. The third-order valence-corrected chi connectivity index (χ3v) is 6.53. The second kappa shape index (κ2) is 6.98. The smallest absolute Gasteiger partial charge is 0.243 e. The molecule has 3 rings (SSSR count). The van der Waals surface area contributed by atoms with Gasteiger partial charge in [0.15, 0.2) is 0 Å². The van der Waals surface area contributed by atoms with Crippen molar-refractivity contribution in [3.63, 3.8) is 0 Å². The van der Waals surface area contributed by atoms with E-state index in [9.17, 15) is 13.2 Å². The van der Waals surface area contributed by atoms with Crippen molar-refractivity contribution in [2.24, 2.45) is 0 Å². The fraction of sp³-hybridized carbons (Fsp3) is 0.316. The average Bonchev–Trinajstić information content (AvgIpc) is 3.07. The predicted octanol–water partition coefficient (Wildman–Crippen LogP) is 3.48. The fourth-order valence-electron chi connectivity index (χ4n) is 3.32. The minimum absolute atomic E-state index is 0.143. The molecule has 25 heavy (non-hydrogen) atoms. The molecule has 0 aliphatic carbocycles. The number of carbonyl (C=O) groups excluding carboxylic acids is 1. The summed E-state index contributed by atoms with van der Waals surface area (Å²) in [6.07, 6.45) is 1.65. The number of hydrogen-bond donors (Lipinski definition) is 1. The van der Waals surface area contributed by atoms with Crippen molar-refractivity contribution in [1.82, 2.24) is 4.31 Å². The third-order valence-electron chi connectivity index (χ3n) is 4.48. The second-order valence-electron chi connectivity index (χ2n) is 6.35. The molecule has 1 fully saturated rings. The zero-order valence-corrected chi connectivity index (χ0v) is 15.2. The normalized spacial score (nSPS) is 18.2. The first-order valence-corrected chi connectivity index (χ1v) is 9.78. The van der Waals surface area contributed by atoms with E-state index >= 15 is 0 Å². The first kappa shape index (κ1) is 17.6. The summed E-state index contributed by atoms with van der Waals surface area (Å²) in [7, 11) is -3.64. The molecule has 0 spiro atoms. The molecular formula is C19H22N2O3S. The summed E-state index contributed by atoms with van der Waals surface area (Å²) >= 11 is 0. The van der Waals surface area contributed by atoms with Gasteiger partial charge in [0.25, 0.3) is 0 Å². The van der Waals surface area contributed by atoms with E-state index in [1.54, 1.807) is 29.4 Å². The van der Waals surface area contributed by atoms with E-state index < -0.39 is 10.0 Å². The van der Waals surface area contributed by atoms with Crippen molar-refractivity contribution < 1.29 is 13.2 Å². The number of benzene rings is 2. The highest BCUT2D eigenvalue weighted by molar-refractivity contribution is 7.89. The van der Waals surface area contributed by atoms with Crippen LogP contribution in [0.15, 0.2) is 53.4 Å². The molecule has 0 radical (unpaired) electrons. The molecule has 0 saturated carbocycles. The van der Waals surface area contributed by atoms with Crippen LogP contribution in [-0.2, 0) is 14.8 Å². The molecule has 1 heterocycles. The minimum Gasteiger partial charge on any atom is -0.326 e. The summed E-state index contributed by atoms with van der Waals surface area (Å²) in [6, 6.07) is 14.6. The van der Waals surface area contributed by atoms with Gasteiger partial charge in [0.05, 0.1) is 10.9 Å². The van der Waals surface area contributed by atoms with Gasteiger partial charge in [0.2, 0.25) is 15.9 Å². The monoisotopic (exact) mass is 358 g/mol. The number of rotatable bonds is 4. The van der Waals surface area contributed by atoms with E-state index in [1.807, 2.05) is 30.3 Å². The number of anilines is 1. The number of nitrogens with zero attached hydrogens (tertiary/aromatic N) is 1. The van der Waals surface area contributed by atoms with Crippen molar-refractivity contribution in [2.45, 2.75) is 37.6 Å². The van der Waals surface area contributed by atoms with Crippen LogP contribution in [0.4, 0.5) is 5.69 Å². The highest BCUT2D eigenvalue weighted by atomic mass is 32.2. The molecule has 1 atom stereocenters. The van der Waals surface area contributed by atoms with Gasteiger partial charge in [-0.15, -0.1) is 0 Å². The Balaban J connectivity index is 2.00. The zero-order chi connectivity index (χ0) is 18.0. The van der Waals surface area contributed by atoms with E-state index in [0.29, 0.717) is 17.8 Å². The first-order chi connectivity index (χ1) is 11.9. The van der Waals surface area contributed by atoms with E-state index in [1.165, 1.54) is 6.92 Å². The molecule has 132 valence electrons. The highest BCUT2D eigenvalue weighted by Crippen LogP contribution is 2.37. The Hall–Kier alpha value is -2.18. The second-order valence-corrected chi connectivity index (χ2v) is 8.20. The van der Waals surface area contributed by atoms with Gasteiger partial charge >= 0.3 is 0 Å². The maximum Gasteiger partial charge on any atom is 0.243 e. The van der Waals surface area contributed by atoms with Gasteiger partial charge in [-0.3, -0.25) is 4.79 Å². The number of amides is 1. The van der Waals surface area contributed by atoms with Crippen LogP contribution in [0.3, 0.4) is 0 Å². The Morgan fingerprint density at radius 1 is 1.16 bits per heavy atom. The Morgan fingerprint density at radius 2 is 1.88 bits per heavy atom. The maximum absolute atomic E-state index is 13.3. The lowest BCUT2D eigenvalue weighted by Crippen LogP contribution is -2.31. The summed E-state index contributed by atoms with van der Waals surface area (Å²) in [5, 5.41) is 2.66. The molecule has 0 aromatic heterocycles. The van der Waals surface area contributed by atoms with Crippen LogP contribution in [0.25, 0.3) is 0 Å². The van der Waals surface area contributed by atoms with Crippen LogP contribution >= 0.6 is 0 Å². The molecule has 6 heteroatoms. The summed E-state index contributed by atoms with van der Waals surface area (Å²) in [5.41, 5.74) is 2.18. The fourth-order valence-corrected chi connectivity index (χ4v) is 5.26. The van der Waals surface area contributed by atoms with Gasteiger partial charge in [-0.05, 0) is 43.0 Å². The quantitative estimate of drug-likeness (QED) is 0.910. The van der Waals surface area contributed by atoms with E-state index in [2.05, 4.69) is 5.32 Å². The number of carbonyl (C=O) groups is 1. The van der Waals surface area contributed by atoms with Crippen LogP contribution in [0.5, 0.6) is 0 Å².